The second-order valence-corrected chi connectivity index (χ2v) is 12.6. The summed E-state index contributed by atoms with van der Waals surface area (Å²) in [5, 5.41) is 0. The fraction of sp³-hybridized carbons (Fsp3) is 1.00. The predicted octanol–water partition coefficient (Wildman–Crippen LogP) is 3.45. The van der Waals surface area contributed by atoms with Gasteiger partial charge in [0.1, 0.15) is 0 Å². The molecule has 3 rings (SSSR count). The van der Waals surface area contributed by atoms with E-state index in [-0.39, 0.29) is 0 Å². The van der Waals surface area contributed by atoms with Crippen LogP contribution in [0, 0.1) is 5.41 Å². The molecule has 3 heterocycles. The van der Waals surface area contributed by atoms with E-state index in [2.05, 4.69) is 41.1 Å². The number of hydrogen-bond acceptors (Lipinski definition) is 3. The Bertz CT molecular complexity index is 106. The number of fused-ring (bicyclic) bond motifs is 3. The molecule has 0 aromatic rings. The van der Waals surface area contributed by atoms with Crippen molar-refractivity contribution in [1.82, 2.24) is 0 Å². The smallest absolute Gasteiger partial charge is 0.0729 e. The molecule has 3 aliphatic rings. The Kier molecular flexibility index (Phi) is 1.99. The van der Waals surface area contributed by atoms with Crippen LogP contribution in [0.1, 0.15) is 6.92 Å². The van der Waals surface area contributed by atoms with E-state index in [9.17, 15) is 0 Å². The average Bonchev–Trinajstić information content (AvgIpc) is 1.90. The molecule has 0 saturated carbocycles. The summed E-state index contributed by atoms with van der Waals surface area (Å²) in [6.45, 7) is 2.42. The third-order valence-corrected chi connectivity index (χ3v) is 13.4. The van der Waals surface area contributed by atoms with Gasteiger partial charge in [-0.2, -0.15) is 0 Å². The van der Waals surface area contributed by atoms with Crippen molar-refractivity contribution < 1.29 is 0 Å². The van der Waals surface area contributed by atoms with Gasteiger partial charge in [0.2, 0.25) is 0 Å². The van der Waals surface area contributed by atoms with Gasteiger partial charge in [-0.3, -0.25) is 0 Å². The SMILES string of the molecule is CC12CSP(SC1)SC2. The van der Waals surface area contributed by atoms with Crippen molar-refractivity contribution in [2.45, 2.75) is 6.92 Å². The summed E-state index contributed by atoms with van der Waals surface area (Å²) >= 11 is 6.61. The van der Waals surface area contributed by atoms with Crippen molar-refractivity contribution in [2.24, 2.45) is 5.41 Å². The number of rotatable bonds is 0. The van der Waals surface area contributed by atoms with Gasteiger partial charge in [0.05, 0.1) is 5.53 Å². The van der Waals surface area contributed by atoms with Gasteiger partial charge in [-0.25, -0.2) is 0 Å². The molecule has 0 atom stereocenters. The van der Waals surface area contributed by atoms with Crippen LogP contribution in [0.3, 0.4) is 0 Å². The summed E-state index contributed by atoms with van der Waals surface area (Å²) < 4.78 is 0. The van der Waals surface area contributed by atoms with Gasteiger partial charge in [-0.1, -0.05) is 6.92 Å². The largest absolute Gasteiger partial charge is 0.112 e. The molecule has 9 heavy (non-hydrogen) atoms. The van der Waals surface area contributed by atoms with Gasteiger partial charge in [0.15, 0.2) is 0 Å². The average molecular weight is 196 g/mol. The highest BCUT2D eigenvalue weighted by Crippen LogP contribution is 2.79. The standard InChI is InChI=1S/C5H9PS3/c1-5-2-7-6(8-3-5)9-4-5/h2-4H2,1H3. The summed E-state index contributed by atoms with van der Waals surface area (Å²) in [5.41, 5.74) is 1.01. The van der Waals surface area contributed by atoms with E-state index in [4.69, 9.17) is 0 Å². The quantitative estimate of drug-likeness (QED) is 0.545. The van der Waals surface area contributed by atoms with Crippen molar-refractivity contribution in [3.05, 3.63) is 0 Å². The molecule has 0 aromatic heterocycles. The first kappa shape index (κ1) is 7.15. The van der Waals surface area contributed by atoms with E-state index in [1.54, 1.807) is 0 Å². The lowest BCUT2D eigenvalue weighted by atomic mass is 10.00. The van der Waals surface area contributed by atoms with Crippen LogP contribution < -0.4 is 0 Å². The van der Waals surface area contributed by atoms with E-state index in [1.165, 1.54) is 17.3 Å². The predicted molar refractivity (Wildman–Crippen MR) is 52.4 cm³/mol. The summed E-state index contributed by atoms with van der Waals surface area (Å²) in [6.07, 6.45) is 0. The van der Waals surface area contributed by atoms with Gasteiger partial charge >= 0.3 is 0 Å². The van der Waals surface area contributed by atoms with Crippen LogP contribution in [0.15, 0.2) is 0 Å². The lowest BCUT2D eigenvalue weighted by molar-refractivity contribution is 0.505. The molecule has 0 amide bonds. The van der Waals surface area contributed by atoms with E-state index < -0.39 is 0 Å². The molecule has 3 aliphatic heterocycles. The molecular formula is C5H9PS3. The van der Waals surface area contributed by atoms with Crippen molar-refractivity contribution in [3.63, 3.8) is 0 Å². The maximum Gasteiger partial charge on any atom is 0.0729 e. The van der Waals surface area contributed by atoms with Crippen LogP contribution in [-0.4, -0.2) is 17.3 Å². The first-order valence-electron chi connectivity index (χ1n) is 2.97. The molecule has 52 valence electrons. The van der Waals surface area contributed by atoms with Crippen LogP contribution in [0.25, 0.3) is 0 Å². The Balaban J connectivity index is 2.11. The minimum atomic E-state index is 0.315. The maximum atomic E-state index is 2.42. The zero-order valence-corrected chi connectivity index (χ0v) is 8.64. The van der Waals surface area contributed by atoms with E-state index >= 15 is 0 Å². The first-order valence-corrected chi connectivity index (χ1v) is 9.09. The molecule has 0 unspecified atom stereocenters. The fourth-order valence-electron chi connectivity index (χ4n) is 0.862. The monoisotopic (exact) mass is 196 g/mol. The van der Waals surface area contributed by atoms with Crippen molar-refractivity contribution in [1.29, 1.82) is 0 Å². The topological polar surface area (TPSA) is 0 Å². The second-order valence-electron chi connectivity index (χ2n) is 2.85. The van der Waals surface area contributed by atoms with Gasteiger partial charge in [-0.05, 0) is 5.41 Å². The molecule has 0 spiro atoms. The van der Waals surface area contributed by atoms with Crippen LogP contribution in [0.4, 0.5) is 0 Å². The minimum absolute atomic E-state index is 0.315. The Morgan fingerprint density at radius 1 is 1.11 bits per heavy atom. The summed E-state index contributed by atoms with van der Waals surface area (Å²) in [6, 6.07) is 0. The number of hydrogen-bond donors (Lipinski definition) is 0. The van der Waals surface area contributed by atoms with E-state index in [1.807, 2.05) is 0 Å². The molecule has 0 aliphatic carbocycles. The van der Waals surface area contributed by atoms with Crippen LogP contribution in [-0.2, 0) is 0 Å². The van der Waals surface area contributed by atoms with Crippen molar-refractivity contribution in [3.8, 4) is 0 Å². The molecule has 2 bridgehead atoms. The van der Waals surface area contributed by atoms with Crippen molar-refractivity contribution >= 4 is 39.7 Å². The lowest BCUT2D eigenvalue weighted by Gasteiger charge is -2.41. The Morgan fingerprint density at radius 3 is 1.78 bits per heavy atom. The van der Waals surface area contributed by atoms with E-state index in [0.29, 0.717) is 10.9 Å². The van der Waals surface area contributed by atoms with Crippen molar-refractivity contribution in [2.75, 3.05) is 17.3 Å². The highest BCUT2D eigenvalue weighted by atomic mass is 33.4. The Labute approximate surface area is 69.3 Å². The molecule has 3 fully saturated rings. The van der Waals surface area contributed by atoms with Gasteiger partial charge in [0, 0.05) is 17.3 Å². The van der Waals surface area contributed by atoms with Crippen LogP contribution in [0.5, 0.6) is 0 Å². The third-order valence-electron chi connectivity index (χ3n) is 1.56. The maximum absolute atomic E-state index is 2.42. The zero-order chi connectivity index (χ0) is 6.32. The Morgan fingerprint density at radius 2 is 1.56 bits per heavy atom. The highest BCUT2D eigenvalue weighted by molar-refractivity contribution is 9.12. The molecule has 4 heteroatoms. The van der Waals surface area contributed by atoms with Crippen LogP contribution in [0.2, 0.25) is 0 Å². The molecular weight excluding hydrogens is 187 g/mol. The summed E-state index contributed by atoms with van der Waals surface area (Å²) in [7, 11) is 0. The summed E-state index contributed by atoms with van der Waals surface area (Å²) in [4.78, 5) is 0. The first-order chi connectivity index (χ1) is 4.29. The summed E-state index contributed by atoms with van der Waals surface area (Å²) in [5.74, 6) is 4.29. The lowest BCUT2D eigenvalue weighted by Crippen LogP contribution is -2.29. The van der Waals surface area contributed by atoms with Gasteiger partial charge in [0.25, 0.3) is 0 Å². The molecule has 0 N–H and O–H groups in total. The molecule has 0 nitrogen and oxygen atoms in total. The Hall–Kier alpha value is 1.48. The molecule has 0 aromatic carbocycles. The minimum Gasteiger partial charge on any atom is -0.112 e. The fourth-order valence-corrected chi connectivity index (χ4v) is 12.6. The zero-order valence-electron chi connectivity index (χ0n) is 5.29. The highest BCUT2D eigenvalue weighted by Gasteiger charge is 2.38. The van der Waals surface area contributed by atoms with Crippen LogP contribution >= 0.6 is 39.7 Å². The molecule has 0 radical (unpaired) electrons. The van der Waals surface area contributed by atoms with Gasteiger partial charge in [-0.15, -0.1) is 34.1 Å². The second kappa shape index (κ2) is 2.51. The van der Waals surface area contributed by atoms with Gasteiger partial charge < -0.3 is 0 Å². The van der Waals surface area contributed by atoms with E-state index in [0.717, 1.165) is 0 Å². The normalized spacial score (nSPS) is 49.7. The third kappa shape index (κ3) is 1.40. The molecule has 3 saturated heterocycles.